The predicted molar refractivity (Wildman–Crippen MR) is 38.4 cm³/mol. The quantitative estimate of drug-likeness (QED) is 0.545. The van der Waals surface area contributed by atoms with E-state index in [1.54, 1.807) is 0 Å². The third-order valence-electron chi connectivity index (χ3n) is 1.52. The molecule has 2 heteroatoms. The van der Waals surface area contributed by atoms with E-state index in [9.17, 15) is 0 Å². The Labute approximate surface area is 73.8 Å². The van der Waals surface area contributed by atoms with E-state index in [-0.39, 0.29) is 29.6 Å². The summed E-state index contributed by atoms with van der Waals surface area (Å²) < 4.78 is 0. The van der Waals surface area contributed by atoms with Crippen molar-refractivity contribution < 1.29 is 5.11 Å². The second kappa shape index (κ2) is 4.80. The van der Waals surface area contributed by atoms with Crippen LogP contribution in [0.4, 0.5) is 0 Å². The molecule has 0 aromatic rings. The molecular formula is C6H15NaO. The van der Waals surface area contributed by atoms with Crippen molar-refractivity contribution >= 4 is 29.6 Å². The zero-order valence-corrected chi connectivity index (χ0v) is 5.36. The molecule has 46 valence electrons. The summed E-state index contributed by atoms with van der Waals surface area (Å²) in [5.74, 6) is 0. The van der Waals surface area contributed by atoms with Crippen LogP contribution >= 0.6 is 0 Å². The molecule has 0 radical (unpaired) electrons. The van der Waals surface area contributed by atoms with Crippen LogP contribution in [0.5, 0.6) is 0 Å². The molecule has 0 aliphatic carbocycles. The summed E-state index contributed by atoms with van der Waals surface area (Å²) in [4.78, 5) is 0. The van der Waals surface area contributed by atoms with Gasteiger partial charge in [-0.1, -0.05) is 13.8 Å². The number of rotatable bonds is 2. The Hall–Kier alpha value is 0.960. The van der Waals surface area contributed by atoms with Crippen molar-refractivity contribution in [3.05, 3.63) is 0 Å². The molecular weight excluding hydrogens is 111 g/mol. The van der Waals surface area contributed by atoms with Crippen molar-refractivity contribution in [1.29, 1.82) is 0 Å². The Morgan fingerprint density at radius 2 is 1.50 bits per heavy atom. The van der Waals surface area contributed by atoms with Gasteiger partial charge in [-0.25, -0.2) is 0 Å². The summed E-state index contributed by atoms with van der Waals surface area (Å²) >= 11 is 0. The summed E-state index contributed by atoms with van der Waals surface area (Å²) in [7, 11) is 0. The number of aliphatic hydroxyl groups is 1. The van der Waals surface area contributed by atoms with Crippen molar-refractivity contribution in [1.82, 2.24) is 0 Å². The van der Waals surface area contributed by atoms with Crippen LogP contribution in [-0.4, -0.2) is 40.3 Å². The minimum atomic E-state index is -0.417. The van der Waals surface area contributed by atoms with E-state index in [0.717, 1.165) is 12.8 Å². The van der Waals surface area contributed by atoms with Crippen LogP contribution in [0, 0.1) is 0 Å². The van der Waals surface area contributed by atoms with Crippen molar-refractivity contribution in [2.45, 2.75) is 39.2 Å². The Bertz CT molecular complexity index is 46.5. The van der Waals surface area contributed by atoms with Crippen LogP contribution in [-0.2, 0) is 0 Å². The van der Waals surface area contributed by atoms with Gasteiger partial charge in [-0.3, -0.25) is 0 Å². The molecule has 0 aliphatic heterocycles. The first kappa shape index (κ1) is 11.7. The van der Waals surface area contributed by atoms with Crippen LogP contribution in [0.25, 0.3) is 0 Å². The van der Waals surface area contributed by atoms with Gasteiger partial charge in [-0.05, 0) is 19.8 Å². The van der Waals surface area contributed by atoms with E-state index in [1.165, 1.54) is 0 Å². The summed E-state index contributed by atoms with van der Waals surface area (Å²) in [5.41, 5.74) is -0.417. The van der Waals surface area contributed by atoms with E-state index >= 15 is 0 Å². The average molecular weight is 126 g/mol. The summed E-state index contributed by atoms with van der Waals surface area (Å²) in [6, 6.07) is 0. The molecule has 0 aromatic heterocycles. The summed E-state index contributed by atoms with van der Waals surface area (Å²) in [5, 5.41) is 9.13. The normalized spacial score (nSPS) is 10.5. The van der Waals surface area contributed by atoms with Crippen LogP contribution in [0.15, 0.2) is 0 Å². The van der Waals surface area contributed by atoms with E-state index < -0.39 is 5.60 Å². The standard InChI is InChI=1S/C6H14O.Na.H/c1-4-6(3,7)5-2;;/h7H,4-5H2,1-3H3;;. The van der Waals surface area contributed by atoms with Gasteiger partial charge in [0.05, 0.1) is 5.60 Å². The first-order chi connectivity index (χ1) is 3.12. The van der Waals surface area contributed by atoms with Gasteiger partial charge in [0.2, 0.25) is 0 Å². The molecule has 8 heavy (non-hydrogen) atoms. The second-order valence-electron chi connectivity index (χ2n) is 2.20. The maximum atomic E-state index is 9.13. The zero-order valence-electron chi connectivity index (χ0n) is 5.36. The molecule has 0 spiro atoms. The molecule has 0 saturated carbocycles. The van der Waals surface area contributed by atoms with Gasteiger partial charge >= 0.3 is 29.6 Å². The first-order valence-electron chi connectivity index (χ1n) is 2.84. The molecule has 0 rings (SSSR count). The van der Waals surface area contributed by atoms with Gasteiger partial charge in [0.1, 0.15) is 0 Å². The monoisotopic (exact) mass is 126 g/mol. The van der Waals surface area contributed by atoms with Gasteiger partial charge in [-0.15, -0.1) is 0 Å². The molecule has 0 amide bonds. The fourth-order valence-electron chi connectivity index (χ4n) is 0.250. The van der Waals surface area contributed by atoms with E-state index in [1.807, 2.05) is 20.8 Å². The van der Waals surface area contributed by atoms with E-state index in [0.29, 0.717) is 0 Å². The second-order valence-corrected chi connectivity index (χ2v) is 2.20. The molecule has 1 nitrogen and oxygen atoms in total. The van der Waals surface area contributed by atoms with Crippen LogP contribution in [0.1, 0.15) is 33.6 Å². The van der Waals surface area contributed by atoms with E-state index in [2.05, 4.69) is 0 Å². The Balaban J connectivity index is 0. The predicted octanol–water partition coefficient (Wildman–Crippen LogP) is 0.909. The SMILES string of the molecule is CCC(C)(O)CC.[NaH]. The molecule has 1 N–H and O–H groups in total. The first-order valence-corrected chi connectivity index (χ1v) is 2.84. The van der Waals surface area contributed by atoms with Gasteiger partial charge in [-0.2, -0.15) is 0 Å². The third-order valence-corrected chi connectivity index (χ3v) is 1.52. The fourth-order valence-corrected chi connectivity index (χ4v) is 0.250. The van der Waals surface area contributed by atoms with Gasteiger partial charge in [0.15, 0.2) is 0 Å². The zero-order chi connectivity index (χ0) is 5.91. The summed E-state index contributed by atoms with van der Waals surface area (Å²) in [6.07, 6.45) is 1.70. The van der Waals surface area contributed by atoms with Crippen molar-refractivity contribution in [2.24, 2.45) is 0 Å². The van der Waals surface area contributed by atoms with E-state index in [4.69, 9.17) is 5.11 Å². The van der Waals surface area contributed by atoms with Crippen molar-refractivity contribution in [3.63, 3.8) is 0 Å². The maximum absolute atomic E-state index is 9.13. The van der Waals surface area contributed by atoms with Gasteiger partial charge in [0, 0.05) is 0 Å². The average Bonchev–Trinajstić information content (AvgIpc) is 1.68. The molecule has 0 atom stereocenters. The topological polar surface area (TPSA) is 20.2 Å². The molecule has 0 fully saturated rings. The van der Waals surface area contributed by atoms with Crippen LogP contribution in [0.2, 0.25) is 0 Å². The molecule has 0 aliphatic rings. The molecule has 0 saturated heterocycles. The van der Waals surface area contributed by atoms with Gasteiger partial charge in [0.25, 0.3) is 0 Å². The third kappa shape index (κ3) is 5.10. The van der Waals surface area contributed by atoms with Crippen LogP contribution < -0.4 is 0 Å². The summed E-state index contributed by atoms with van der Waals surface area (Å²) in [6.45, 7) is 5.83. The molecule has 0 aromatic carbocycles. The minimum absolute atomic E-state index is 0. The van der Waals surface area contributed by atoms with Crippen molar-refractivity contribution in [2.75, 3.05) is 0 Å². The Morgan fingerprint density at radius 3 is 1.50 bits per heavy atom. The molecule has 0 bridgehead atoms. The fraction of sp³-hybridized carbons (Fsp3) is 1.00. The Morgan fingerprint density at radius 1 is 1.25 bits per heavy atom. The van der Waals surface area contributed by atoms with Crippen molar-refractivity contribution in [3.8, 4) is 0 Å². The number of hydrogen-bond acceptors (Lipinski definition) is 1. The van der Waals surface area contributed by atoms with Crippen LogP contribution in [0.3, 0.4) is 0 Å². The Kier molecular flexibility index (Phi) is 7.04. The molecule has 0 unspecified atom stereocenters. The van der Waals surface area contributed by atoms with Gasteiger partial charge < -0.3 is 5.11 Å². The number of hydrogen-bond donors (Lipinski definition) is 1. The molecule has 0 heterocycles.